The number of fused-ring (bicyclic) bond motifs is 3. The van der Waals surface area contributed by atoms with Gasteiger partial charge in [-0.3, -0.25) is 14.6 Å². The van der Waals surface area contributed by atoms with Gasteiger partial charge < -0.3 is 18.6 Å². The Kier molecular flexibility index (Phi) is 5.63. The van der Waals surface area contributed by atoms with Gasteiger partial charge in [0.15, 0.2) is 0 Å². The molecule has 5 rings (SSSR count). The van der Waals surface area contributed by atoms with Crippen LogP contribution in [0.25, 0.3) is 22.1 Å². The number of ether oxygens (including phenoxy) is 3. The van der Waals surface area contributed by atoms with Crippen LogP contribution in [0.5, 0.6) is 11.5 Å². The predicted molar refractivity (Wildman–Crippen MR) is 118 cm³/mol. The molecule has 3 aromatic rings. The Labute approximate surface area is 180 Å². The van der Waals surface area contributed by atoms with Gasteiger partial charge in [-0.05, 0) is 18.2 Å². The first-order valence-corrected chi connectivity index (χ1v) is 10.6. The summed E-state index contributed by atoms with van der Waals surface area (Å²) in [5, 5.41) is 0.556. The molecular formula is C24H26N2O5. The standard InChI is InChI=1S/C24H26N2O5/c1-28-21-5-3-2-4-17(21)20-15-30-24-18(23(20)27)6-7-22-19(24)14-26(16-31-22)9-8-25-10-12-29-13-11-25/h2-7,15H,8-14,16H2,1H3. The lowest BCUT2D eigenvalue weighted by Gasteiger charge is -2.32. The summed E-state index contributed by atoms with van der Waals surface area (Å²) in [6.45, 7) is 6.60. The molecule has 31 heavy (non-hydrogen) atoms. The molecule has 0 N–H and O–H groups in total. The Morgan fingerprint density at radius 2 is 1.81 bits per heavy atom. The Morgan fingerprint density at radius 1 is 1.00 bits per heavy atom. The molecule has 2 aliphatic rings. The van der Waals surface area contributed by atoms with Crippen LogP contribution in [0, 0.1) is 0 Å². The van der Waals surface area contributed by atoms with Crippen molar-refractivity contribution in [2.45, 2.75) is 6.54 Å². The zero-order chi connectivity index (χ0) is 21.2. The van der Waals surface area contributed by atoms with E-state index in [1.165, 1.54) is 6.26 Å². The number of rotatable bonds is 5. The summed E-state index contributed by atoms with van der Waals surface area (Å²) in [4.78, 5) is 18.0. The molecular weight excluding hydrogens is 396 g/mol. The fourth-order valence-electron chi connectivity index (χ4n) is 4.26. The molecule has 3 heterocycles. The zero-order valence-corrected chi connectivity index (χ0v) is 17.6. The maximum Gasteiger partial charge on any atom is 0.200 e. The lowest BCUT2D eigenvalue weighted by atomic mass is 10.0. The molecule has 1 saturated heterocycles. The van der Waals surface area contributed by atoms with Crippen molar-refractivity contribution in [1.82, 2.24) is 9.80 Å². The third-order valence-corrected chi connectivity index (χ3v) is 6.02. The smallest absolute Gasteiger partial charge is 0.200 e. The first kappa shape index (κ1) is 20.1. The molecule has 2 aromatic carbocycles. The largest absolute Gasteiger partial charge is 0.496 e. The van der Waals surface area contributed by atoms with Gasteiger partial charge in [-0.2, -0.15) is 0 Å². The minimum Gasteiger partial charge on any atom is -0.496 e. The summed E-state index contributed by atoms with van der Waals surface area (Å²) in [7, 11) is 1.60. The molecule has 162 valence electrons. The van der Waals surface area contributed by atoms with E-state index < -0.39 is 0 Å². The van der Waals surface area contributed by atoms with Gasteiger partial charge in [-0.25, -0.2) is 0 Å². The highest BCUT2D eigenvalue weighted by Crippen LogP contribution is 2.34. The van der Waals surface area contributed by atoms with E-state index >= 15 is 0 Å². The molecule has 0 amide bonds. The lowest BCUT2D eigenvalue weighted by Crippen LogP contribution is -2.43. The second-order valence-electron chi connectivity index (χ2n) is 7.88. The van der Waals surface area contributed by atoms with Crippen molar-refractivity contribution in [3.8, 4) is 22.6 Å². The molecule has 2 aliphatic heterocycles. The molecule has 1 aromatic heterocycles. The number of methoxy groups -OCH3 is 1. The van der Waals surface area contributed by atoms with Crippen molar-refractivity contribution in [2.24, 2.45) is 0 Å². The van der Waals surface area contributed by atoms with Crippen LogP contribution < -0.4 is 14.9 Å². The summed E-state index contributed by atoms with van der Waals surface area (Å²) >= 11 is 0. The second-order valence-corrected chi connectivity index (χ2v) is 7.88. The van der Waals surface area contributed by atoms with E-state index in [1.54, 1.807) is 13.2 Å². The molecule has 7 nitrogen and oxygen atoms in total. The first-order valence-electron chi connectivity index (χ1n) is 10.6. The van der Waals surface area contributed by atoms with Crippen molar-refractivity contribution in [3.05, 3.63) is 58.4 Å². The van der Waals surface area contributed by atoms with Crippen LogP contribution in [-0.4, -0.2) is 63.0 Å². The number of nitrogens with zero attached hydrogens (tertiary/aromatic N) is 2. The van der Waals surface area contributed by atoms with Crippen molar-refractivity contribution >= 4 is 11.0 Å². The fourth-order valence-corrected chi connectivity index (χ4v) is 4.26. The Balaban J connectivity index is 1.44. The van der Waals surface area contributed by atoms with E-state index in [1.807, 2.05) is 30.3 Å². The van der Waals surface area contributed by atoms with Crippen molar-refractivity contribution < 1.29 is 18.6 Å². The quantitative estimate of drug-likeness (QED) is 0.626. The van der Waals surface area contributed by atoms with Gasteiger partial charge in [0.25, 0.3) is 0 Å². The Hall–Kier alpha value is -2.87. The maximum atomic E-state index is 13.3. The van der Waals surface area contributed by atoms with Crippen molar-refractivity contribution in [1.29, 1.82) is 0 Å². The summed E-state index contributed by atoms with van der Waals surface area (Å²) < 4.78 is 22.9. The minimum atomic E-state index is -0.0704. The number of benzene rings is 2. The van der Waals surface area contributed by atoms with Crippen LogP contribution in [0.1, 0.15) is 5.56 Å². The van der Waals surface area contributed by atoms with Crippen molar-refractivity contribution in [3.63, 3.8) is 0 Å². The van der Waals surface area contributed by atoms with E-state index in [-0.39, 0.29) is 5.43 Å². The molecule has 1 fully saturated rings. The molecule has 0 bridgehead atoms. The third kappa shape index (κ3) is 3.92. The highest BCUT2D eigenvalue weighted by molar-refractivity contribution is 5.86. The Bertz CT molecular complexity index is 1140. The summed E-state index contributed by atoms with van der Waals surface area (Å²) in [5.41, 5.74) is 2.66. The average molecular weight is 422 g/mol. The molecule has 0 aliphatic carbocycles. The SMILES string of the molecule is COc1ccccc1-c1coc2c3c(ccc2c1=O)OCN(CCN1CCOCC1)C3. The summed E-state index contributed by atoms with van der Waals surface area (Å²) in [6, 6.07) is 11.1. The lowest BCUT2D eigenvalue weighted by molar-refractivity contribution is 0.0241. The topological polar surface area (TPSA) is 64.4 Å². The van der Waals surface area contributed by atoms with Crippen LogP contribution in [0.2, 0.25) is 0 Å². The Morgan fingerprint density at radius 3 is 2.65 bits per heavy atom. The minimum absolute atomic E-state index is 0.0704. The highest BCUT2D eigenvalue weighted by atomic mass is 16.5. The number of hydrogen-bond acceptors (Lipinski definition) is 7. The van der Waals surface area contributed by atoms with Gasteiger partial charge in [0.1, 0.15) is 30.1 Å². The van der Waals surface area contributed by atoms with E-state index in [0.717, 1.165) is 56.3 Å². The molecule has 0 radical (unpaired) electrons. The molecule has 0 unspecified atom stereocenters. The molecule has 0 atom stereocenters. The molecule has 7 heteroatoms. The van der Waals surface area contributed by atoms with E-state index in [9.17, 15) is 4.79 Å². The number of morpholine rings is 1. The normalized spacial score (nSPS) is 17.3. The maximum absolute atomic E-state index is 13.3. The van der Waals surface area contributed by atoms with E-state index in [0.29, 0.717) is 35.6 Å². The van der Waals surface area contributed by atoms with Gasteiger partial charge >= 0.3 is 0 Å². The monoisotopic (exact) mass is 422 g/mol. The van der Waals surface area contributed by atoms with Crippen LogP contribution in [-0.2, 0) is 11.3 Å². The molecule has 0 saturated carbocycles. The highest BCUT2D eigenvalue weighted by Gasteiger charge is 2.24. The van der Waals surface area contributed by atoms with Crippen LogP contribution >= 0.6 is 0 Å². The van der Waals surface area contributed by atoms with Crippen LogP contribution in [0.15, 0.2) is 51.9 Å². The van der Waals surface area contributed by atoms with Crippen LogP contribution in [0.4, 0.5) is 0 Å². The van der Waals surface area contributed by atoms with Gasteiger partial charge in [0.2, 0.25) is 5.43 Å². The fraction of sp³-hybridized carbons (Fsp3) is 0.375. The van der Waals surface area contributed by atoms with Gasteiger partial charge in [0, 0.05) is 38.3 Å². The third-order valence-electron chi connectivity index (χ3n) is 6.02. The summed E-state index contributed by atoms with van der Waals surface area (Å²) in [6.07, 6.45) is 1.54. The van der Waals surface area contributed by atoms with Gasteiger partial charge in [0.05, 0.1) is 36.8 Å². The first-order chi connectivity index (χ1) is 15.2. The zero-order valence-electron chi connectivity index (χ0n) is 17.6. The van der Waals surface area contributed by atoms with Crippen LogP contribution in [0.3, 0.4) is 0 Å². The van der Waals surface area contributed by atoms with E-state index in [2.05, 4.69) is 9.80 Å². The average Bonchev–Trinajstić information content (AvgIpc) is 2.83. The number of hydrogen-bond donors (Lipinski definition) is 0. The predicted octanol–water partition coefficient (Wildman–Crippen LogP) is 2.95. The van der Waals surface area contributed by atoms with Crippen molar-refractivity contribution in [2.75, 3.05) is 53.2 Å². The van der Waals surface area contributed by atoms with Gasteiger partial charge in [-0.15, -0.1) is 0 Å². The number of para-hydroxylation sites is 1. The van der Waals surface area contributed by atoms with Gasteiger partial charge in [-0.1, -0.05) is 18.2 Å². The van der Waals surface area contributed by atoms with E-state index in [4.69, 9.17) is 18.6 Å². The second kappa shape index (κ2) is 8.70. The summed E-state index contributed by atoms with van der Waals surface area (Å²) in [5.74, 6) is 1.42. The molecule has 0 spiro atoms.